The number of hydrogen-bond acceptors (Lipinski definition) is 2. The highest BCUT2D eigenvalue weighted by atomic mass is 35.5. The van der Waals surface area contributed by atoms with Gasteiger partial charge in [0.05, 0.1) is 0 Å². The molecule has 1 aromatic carbocycles. The van der Waals surface area contributed by atoms with Crippen molar-refractivity contribution in [2.45, 2.75) is 45.1 Å². The topological polar surface area (TPSA) is 41.1 Å². The van der Waals surface area contributed by atoms with Gasteiger partial charge in [-0.1, -0.05) is 32.0 Å². The molecule has 0 radical (unpaired) electrons. The van der Waals surface area contributed by atoms with Gasteiger partial charge < -0.3 is 10.6 Å². The predicted molar refractivity (Wildman–Crippen MR) is 89.9 cm³/mol. The molecule has 1 heterocycles. The van der Waals surface area contributed by atoms with Crippen LogP contribution in [0, 0.1) is 11.7 Å². The molecule has 2 atom stereocenters. The summed E-state index contributed by atoms with van der Waals surface area (Å²) in [7, 11) is 0. The largest absolute Gasteiger partial charge is 0.355 e. The Labute approximate surface area is 138 Å². The fourth-order valence-electron chi connectivity index (χ4n) is 2.93. The van der Waals surface area contributed by atoms with Crippen LogP contribution in [-0.2, 0) is 10.2 Å². The van der Waals surface area contributed by atoms with E-state index in [9.17, 15) is 9.18 Å². The van der Waals surface area contributed by atoms with Gasteiger partial charge in [-0.3, -0.25) is 4.79 Å². The fourth-order valence-corrected chi connectivity index (χ4v) is 2.93. The molecule has 0 aromatic heterocycles. The Bertz CT molecular complexity index is 507. The molecule has 1 saturated heterocycles. The van der Waals surface area contributed by atoms with E-state index >= 15 is 0 Å². The Balaban J connectivity index is 0.00000242. The number of rotatable bonds is 4. The van der Waals surface area contributed by atoms with E-state index in [2.05, 4.69) is 17.6 Å². The third kappa shape index (κ3) is 4.68. The van der Waals surface area contributed by atoms with Crippen molar-refractivity contribution < 1.29 is 9.18 Å². The summed E-state index contributed by atoms with van der Waals surface area (Å²) in [4.78, 5) is 12.3. The number of nitrogens with one attached hydrogen (secondary N) is 2. The molecule has 0 aliphatic carbocycles. The van der Waals surface area contributed by atoms with Crippen LogP contribution in [0.25, 0.3) is 0 Å². The van der Waals surface area contributed by atoms with E-state index in [1.807, 2.05) is 19.9 Å². The monoisotopic (exact) mass is 328 g/mol. The molecule has 3 nitrogen and oxygen atoms in total. The van der Waals surface area contributed by atoms with Crippen LogP contribution in [0.5, 0.6) is 0 Å². The van der Waals surface area contributed by atoms with E-state index in [1.54, 1.807) is 12.1 Å². The molecule has 1 aromatic rings. The molecule has 0 spiro atoms. The number of amides is 1. The van der Waals surface area contributed by atoms with Gasteiger partial charge in [0, 0.05) is 23.9 Å². The molecule has 2 N–H and O–H groups in total. The van der Waals surface area contributed by atoms with Gasteiger partial charge in [-0.2, -0.15) is 0 Å². The molecule has 1 amide bonds. The average Bonchev–Trinajstić information content (AvgIpc) is 2.45. The van der Waals surface area contributed by atoms with Crippen molar-refractivity contribution >= 4 is 18.3 Å². The van der Waals surface area contributed by atoms with Gasteiger partial charge in [0.15, 0.2) is 0 Å². The molecule has 2 rings (SSSR count). The normalized spacial score (nSPS) is 21.8. The minimum Gasteiger partial charge on any atom is -0.355 e. The van der Waals surface area contributed by atoms with Crippen LogP contribution in [0.15, 0.2) is 24.3 Å². The molecule has 0 unspecified atom stereocenters. The van der Waals surface area contributed by atoms with Crippen molar-refractivity contribution in [3.05, 3.63) is 35.6 Å². The number of hydrogen-bond donors (Lipinski definition) is 2. The summed E-state index contributed by atoms with van der Waals surface area (Å²) in [6.45, 7) is 7.34. The lowest BCUT2D eigenvalue weighted by Crippen LogP contribution is -2.45. The highest BCUT2D eigenvalue weighted by Gasteiger charge is 2.28. The van der Waals surface area contributed by atoms with Crippen LogP contribution in [0.3, 0.4) is 0 Å². The number of halogens is 2. The van der Waals surface area contributed by atoms with E-state index in [0.717, 1.165) is 19.4 Å². The predicted octanol–water partition coefficient (Wildman–Crippen LogP) is 3.03. The van der Waals surface area contributed by atoms with Crippen LogP contribution in [0.4, 0.5) is 4.39 Å². The van der Waals surface area contributed by atoms with Crippen molar-refractivity contribution in [1.29, 1.82) is 0 Å². The summed E-state index contributed by atoms with van der Waals surface area (Å²) in [6, 6.07) is 7.15. The molecule has 124 valence electrons. The Kier molecular flexibility index (Phi) is 6.82. The van der Waals surface area contributed by atoms with Gasteiger partial charge in [-0.15, -0.1) is 12.4 Å². The summed E-state index contributed by atoms with van der Waals surface area (Å²) in [5.74, 6) is -0.0577. The number of carbonyl (C=O) groups is 1. The van der Waals surface area contributed by atoms with Gasteiger partial charge in [-0.25, -0.2) is 4.39 Å². The van der Waals surface area contributed by atoms with Gasteiger partial charge in [0.1, 0.15) is 5.82 Å². The first-order valence-electron chi connectivity index (χ1n) is 7.66. The lowest BCUT2D eigenvalue weighted by molar-refractivity contribution is -0.126. The van der Waals surface area contributed by atoms with Crippen LogP contribution >= 0.6 is 12.4 Å². The maximum absolute atomic E-state index is 13.9. The lowest BCUT2D eigenvalue weighted by atomic mass is 9.83. The molecule has 1 aliphatic heterocycles. The molecule has 0 saturated carbocycles. The molecule has 22 heavy (non-hydrogen) atoms. The Morgan fingerprint density at radius 3 is 2.73 bits per heavy atom. The second kappa shape index (κ2) is 7.93. The Morgan fingerprint density at radius 2 is 2.09 bits per heavy atom. The van der Waals surface area contributed by atoms with Crippen molar-refractivity contribution in [2.24, 2.45) is 5.92 Å². The smallest absolute Gasteiger partial charge is 0.223 e. The van der Waals surface area contributed by atoms with E-state index in [0.29, 0.717) is 18.2 Å². The Hall–Kier alpha value is -1.13. The second-order valence-corrected chi connectivity index (χ2v) is 6.66. The fraction of sp³-hybridized carbons (Fsp3) is 0.588. The summed E-state index contributed by atoms with van der Waals surface area (Å²) in [5, 5.41) is 6.35. The second-order valence-electron chi connectivity index (χ2n) is 6.66. The average molecular weight is 329 g/mol. The van der Waals surface area contributed by atoms with Gasteiger partial charge in [0.25, 0.3) is 0 Å². The third-order valence-electron chi connectivity index (χ3n) is 4.30. The first kappa shape index (κ1) is 18.9. The van der Waals surface area contributed by atoms with Crippen LogP contribution < -0.4 is 10.6 Å². The van der Waals surface area contributed by atoms with E-state index in [4.69, 9.17) is 0 Å². The SMILES string of the molecule is C[C@H]1C[C@@H](C(=O)NCC(C)(C)c2ccccc2F)CCN1.Cl. The zero-order valence-electron chi connectivity index (χ0n) is 13.5. The first-order chi connectivity index (χ1) is 9.90. The number of piperidine rings is 1. The molecule has 5 heteroatoms. The summed E-state index contributed by atoms with van der Waals surface area (Å²) in [5.41, 5.74) is 0.225. The van der Waals surface area contributed by atoms with Crippen LogP contribution in [0.1, 0.15) is 39.2 Å². The van der Waals surface area contributed by atoms with E-state index < -0.39 is 5.41 Å². The van der Waals surface area contributed by atoms with Crippen molar-refractivity contribution in [3.8, 4) is 0 Å². The van der Waals surface area contributed by atoms with Gasteiger partial charge in [0.2, 0.25) is 5.91 Å². The summed E-state index contributed by atoms with van der Waals surface area (Å²) in [6.07, 6.45) is 1.74. The maximum Gasteiger partial charge on any atom is 0.223 e. The molecular weight excluding hydrogens is 303 g/mol. The molecule has 1 aliphatic rings. The zero-order valence-corrected chi connectivity index (χ0v) is 14.3. The Morgan fingerprint density at radius 1 is 1.41 bits per heavy atom. The number of carbonyl (C=O) groups excluding carboxylic acids is 1. The summed E-state index contributed by atoms with van der Waals surface area (Å²) >= 11 is 0. The van der Waals surface area contributed by atoms with Crippen molar-refractivity contribution in [2.75, 3.05) is 13.1 Å². The number of benzene rings is 1. The summed E-state index contributed by atoms with van der Waals surface area (Å²) < 4.78 is 13.9. The zero-order chi connectivity index (χ0) is 15.5. The highest BCUT2D eigenvalue weighted by molar-refractivity contribution is 5.85. The van der Waals surface area contributed by atoms with E-state index in [-0.39, 0.29) is 30.0 Å². The van der Waals surface area contributed by atoms with Crippen molar-refractivity contribution in [3.63, 3.8) is 0 Å². The maximum atomic E-state index is 13.9. The quantitative estimate of drug-likeness (QED) is 0.892. The van der Waals surface area contributed by atoms with Crippen molar-refractivity contribution in [1.82, 2.24) is 10.6 Å². The van der Waals surface area contributed by atoms with Crippen LogP contribution in [-0.4, -0.2) is 25.0 Å². The molecule has 1 fully saturated rings. The van der Waals surface area contributed by atoms with Gasteiger partial charge >= 0.3 is 0 Å². The molecule has 0 bridgehead atoms. The minimum atomic E-state index is -0.417. The van der Waals surface area contributed by atoms with E-state index in [1.165, 1.54) is 6.07 Å². The standard InChI is InChI=1S/C17H25FN2O.ClH/c1-12-10-13(8-9-19-12)16(21)20-11-17(2,3)14-6-4-5-7-15(14)18;/h4-7,12-13,19H,8-11H2,1-3H3,(H,20,21);1H/t12-,13-;/m0./s1. The first-order valence-corrected chi connectivity index (χ1v) is 7.66. The minimum absolute atomic E-state index is 0. The lowest BCUT2D eigenvalue weighted by Gasteiger charge is -2.30. The van der Waals surface area contributed by atoms with Crippen LogP contribution in [0.2, 0.25) is 0 Å². The highest BCUT2D eigenvalue weighted by Crippen LogP contribution is 2.25. The molecular formula is C17H26ClFN2O. The third-order valence-corrected chi connectivity index (χ3v) is 4.30. The van der Waals surface area contributed by atoms with Gasteiger partial charge in [-0.05, 0) is 37.9 Å².